The number of hydrogen-bond acceptors (Lipinski definition) is 5. The van der Waals surface area contributed by atoms with E-state index in [0.29, 0.717) is 11.6 Å². The highest BCUT2D eigenvalue weighted by Gasteiger charge is 2.19. The molecule has 1 aromatic rings. The van der Waals surface area contributed by atoms with E-state index in [0.717, 1.165) is 28.6 Å². The Bertz CT molecular complexity index is 572. The molecule has 0 spiro atoms. The molecule has 0 radical (unpaired) electrons. The van der Waals surface area contributed by atoms with Crippen LogP contribution in [0.25, 0.3) is 0 Å². The number of amidine groups is 1. The number of nitro benzene ring substituents is 1. The molecule has 21 heavy (non-hydrogen) atoms. The van der Waals surface area contributed by atoms with E-state index < -0.39 is 0 Å². The van der Waals surface area contributed by atoms with Crippen molar-refractivity contribution in [2.24, 2.45) is 4.99 Å². The Hall–Kier alpha value is -1.56. The first kappa shape index (κ1) is 15.8. The fraction of sp³-hybridized carbons (Fsp3) is 0.533. The Balaban J connectivity index is 2.10. The summed E-state index contributed by atoms with van der Waals surface area (Å²) in [4.78, 5) is 15.3. The predicted octanol–water partition coefficient (Wildman–Crippen LogP) is 4.29. The number of benzene rings is 1. The van der Waals surface area contributed by atoms with Crippen LogP contribution in [0.2, 0.25) is 0 Å². The van der Waals surface area contributed by atoms with Crippen molar-refractivity contribution < 1.29 is 4.92 Å². The van der Waals surface area contributed by atoms with Crippen LogP contribution in [0.4, 0.5) is 11.4 Å². The van der Waals surface area contributed by atoms with E-state index in [1.165, 1.54) is 12.8 Å². The van der Waals surface area contributed by atoms with Gasteiger partial charge in [0.1, 0.15) is 0 Å². The molecule has 1 aliphatic rings. The molecule has 0 saturated heterocycles. The van der Waals surface area contributed by atoms with Crippen LogP contribution < -0.4 is 5.32 Å². The maximum atomic E-state index is 10.9. The highest BCUT2D eigenvalue weighted by molar-refractivity contribution is 8.14. The van der Waals surface area contributed by atoms with E-state index in [9.17, 15) is 10.1 Å². The number of hydrogen-bond donors (Lipinski definition) is 1. The van der Waals surface area contributed by atoms with Crippen LogP contribution in [0, 0.1) is 24.0 Å². The summed E-state index contributed by atoms with van der Waals surface area (Å²) in [6.45, 7) is 5.83. The molecule has 6 heteroatoms. The Morgan fingerprint density at radius 2 is 2.19 bits per heavy atom. The minimum absolute atomic E-state index is 0.167. The lowest BCUT2D eigenvalue weighted by molar-refractivity contribution is -0.385. The van der Waals surface area contributed by atoms with Crippen LogP contribution in [0.15, 0.2) is 17.1 Å². The lowest BCUT2D eigenvalue weighted by atomic mass is 10.1. The van der Waals surface area contributed by atoms with Crippen molar-refractivity contribution >= 4 is 28.3 Å². The summed E-state index contributed by atoms with van der Waals surface area (Å²) in [5.74, 6) is 1.02. The first-order valence-corrected chi connectivity index (χ1v) is 8.23. The summed E-state index contributed by atoms with van der Waals surface area (Å²) in [6, 6.07) is 3.85. The van der Waals surface area contributed by atoms with E-state index in [4.69, 9.17) is 0 Å². The Morgan fingerprint density at radius 1 is 1.43 bits per heavy atom. The molecule has 1 aliphatic heterocycles. The van der Waals surface area contributed by atoms with E-state index >= 15 is 0 Å². The van der Waals surface area contributed by atoms with Gasteiger partial charge >= 0.3 is 0 Å². The Kier molecular flexibility index (Phi) is 5.22. The Labute approximate surface area is 129 Å². The van der Waals surface area contributed by atoms with Crippen molar-refractivity contribution in [3.8, 4) is 0 Å². The molecular formula is C15H21N3O2S. The smallest absolute Gasteiger partial charge is 0.272 e. The van der Waals surface area contributed by atoms with Gasteiger partial charge in [0.15, 0.2) is 5.17 Å². The molecule has 1 atom stereocenters. The van der Waals surface area contributed by atoms with Crippen LogP contribution in [0.5, 0.6) is 0 Å². The zero-order valence-corrected chi connectivity index (χ0v) is 13.5. The average molecular weight is 307 g/mol. The van der Waals surface area contributed by atoms with Crippen molar-refractivity contribution in [3.63, 3.8) is 0 Å². The number of anilines is 1. The molecule has 1 N–H and O–H groups in total. The monoisotopic (exact) mass is 307 g/mol. The molecule has 0 aliphatic carbocycles. The van der Waals surface area contributed by atoms with Gasteiger partial charge in [-0.05, 0) is 31.9 Å². The molecule has 1 unspecified atom stereocenters. The molecular weight excluding hydrogens is 286 g/mol. The van der Waals surface area contributed by atoms with Gasteiger partial charge in [-0.2, -0.15) is 0 Å². The minimum atomic E-state index is -0.339. The lowest BCUT2D eigenvalue weighted by Crippen LogP contribution is -2.08. The maximum absolute atomic E-state index is 10.9. The molecule has 2 rings (SSSR count). The predicted molar refractivity (Wildman–Crippen MR) is 89.4 cm³/mol. The fourth-order valence-corrected chi connectivity index (χ4v) is 3.32. The van der Waals surface area contributed by atoms with Gasteiger partial charge in [-0.15, -0.1) is 0 Å². The zero-order valence-electron chi connectivity index (χ0n) is 12.7. The minimum Gasteiger partial charge on any atom is -0.335 e. The third-order valence-corrected chi connectivity index (χ3v) is 4.62. The van der Waals surface area contributed by atoms with Gasteiger partial charge in [0, 0.05) is 23.1 Å². The van der Waals surface area contributed by atoms with Crippen molar-refractivity contribution in [1.82, 2.24) is 0 Å². The van der Waals surface area contributed by atoms with Crippen molar-refractivity contribution in [3.05, 3.63) is 33.4 Å². The first-order chi connectivity index (χ1) is 10.0. The van der Waals surface area contributed by atoms with Crippen LogP contribution in [-0.4, -0.2) is 21.9 Å². The normalized spacial score (nSPS) is 17.7. The van der Waals surface area contributed by atoms with Gasteiger partial charge < -0.3 is 5.32 Å². The van der Waals surface area contributed by atoms with Gasteiger partial charge in [0.05, 0.1) is 11.0 Å². The summed E-state index contributed by atoms with van der Waals surface area (Å²) in [6.07, 6.45) is 3.53. The van der Waals surface area contributed by atoms with Crippen molar-refractivity contribution in [1.29, 1.82) is 0 Å². The van der Waals surface area contributed by atoms with Crippen molar-refractivity contribution in [2.45, 2.75) is 46.1 Å². The second-order valence-corrected chi connectivity index (χ2v) is 6.39. The largest absolute Gasteiger partial charge is 0.335 e. The molecule has 1 aromatic carbocycles. The molecule has 0 bridgehead atoms. The average Bonchev–Trinajstić information content (AvgIpc) is 2.87. The standard InChI is InChI=1S/C15H21N3O2S/c1-4-5-6-12-9-21-15(16-12)17-13-7-11(3)14(18(19)20)8-10(13)2/h7-8,12H,4-6,9H2,1-3H3,(H,16,17). The molecule has 0 aromatic heterocycles. The van der Waals surface area contributed by atoms with Crippen LogP contribution >= 0.6 is 11.8 Å². The SMILES string of the molecule is CCCCC1CSC(Nc2cc(C)c([N+](=O)[O-])cc2C)=N1. The number of unbranched alkanes of at least 4 members (excludes halogenated alkanes) is 1. The van der Waals surface area contributed by atoms with Gasteiger partial charge in [-0.1, -0.05) is 31.5 Å². The number of nitrogens with one attached hydrogen (secondary N) is 1. The molecule has 0 amide bonds. The number of thioether (sulfide) groups is 1. The first-order valence-electron chi connectivity index (χ1n) is 7.24. The molecule has 0 saturated carbocycles. The maximum Gasteiger partial charge on any atom is 0.272 e. The lowest BCUT2D eigenvalue weighted by Gasteiger charge is -2.10. The quantitative estimate of drug-likeness (QED) is 0.651. The highest BCUT2D eigenvalue weighted by atomic mass is 32.2. The second kappa shape index (κ2) is 6.93. The molecule has 114 valence electrons. The van der Waals surface area contributed by atoms with E-state index in [1.54, 1.807) is 24.8 Å². The molecule has 5 nitrogen and oxygen atoms in total. The summed E-state index contributed by atoms with van der Waals surface area (Å²) in [5.41, 5.74) is 2.60. The van der Waals surface area contributed by atoms with Crippen LogP contribution in [0.3, 0.4) is 0 Å². The Morgan fingerprint density at radius 3 is 2.86 bits per heavy atom. The van der Waals surface area contributed by atoms with E-state index in [2.05, 4.69) is 17.2 Å². The van der Waals surface area contributed by atoms with Gasteiger partial charge in [-0.3, -0.25) is 15.1 Å². The second-order valence-electron chi connectivity index (χ2n) is 5.38. The van der Waals surface area contributed by atoms with Crippen LogP contribution in [-0.2, 0) is 0 Å². The zero-order chi connectivity index (χ0) is 15.4. The number of rotatable bonds is 5. The summed E-state index contributed by atoms with van der Waals surface area (Å²) >= 11 is 1.73. The topological polar surface area (TPSA) is 67.5 Å². The summed E-state index contributed by atoms with van der Waals surface area (Å²) in [5, 5.41) is 15.2. The van der Waals surface area contributed by atoms with Gasteiger partial charge in [-0.25, -0.2) is 0 Å². The molecule has 0 fully saturated rings. The fourth-order valence-electron chi connectivity index (χ4n) is 2.32. The number of aryl methyl sites for hydroxylation is 2. The highest BCUT2D eigenvalue weighted by Crippen LogP contribution is 2.29. The van der Waals surface area contributed by atoms with Gasteiger partial charge in [0.25, 0.3) is 5.69 Å². The molecule has 1 heterocycles. The van der Waals surface area contributed by atoms with Crippen molar-refractivity contribution in [2.75, 3.05) is 11.1 Å². The number of aliphatic imine (C=N–C) groups is 1. The number of nitrogens with zero attached hydrogens (tertiary/aromatic N) is 2. The van der Waals surface area contributed by atoms with Crippen LogP contribution in [0.1, 0.15) is 37.3 Å². The van der Waals surface area contributed by atoms with Gasteiger partial charge in [0.2, 0.25) is 0 Å². The van der Waals surface area contributed by atoms with E-state index in [-0.39, 0.29) is 10.6 Å². The van der Waals surface area contributed by atoms with E-state index in [1.807, 2.05) is 13.0 Å². The summed E-state index contributed by atoms with van der Waals surface area (Å²) in [7, 11) is 0. The third kappa shape index (κ3) is 3.97. The number of nitro groups is 1. The third-order valence-electron chi connectivity index (χ3n) is 3.58. The summed E-state index contributed by atoms with van der Waals surface area (Å²) < 4.78 is 0.